The van der Waals surface area contributed by atoms with Crippen LogP contribution in [0.1, 0.15) is 0 Å². The number of nitrogens with one attached hydrogen (secondary N) is 1. The van der Waals surface area contributed by atoms with Gasteiger partial charge in [-0.2, -0.15) is 4.98 Å². The van der Waals surface area contributed by atoms with E-state index in [1.54, 1.807) is 12.4 Å². The summed E-state index contributed by atoms with van der Waals surface area (Å²) in [7, 11) is 0. The van der Waals surface area contributed by atoms with Crippen molar-refractivity contribution in [2.45, 2.75) is 0 Å². The molecule has 0 atom stereocenters. The Bertz CT molecular complexity index is 702. The van der Waals surface area contributed by atoms with Gasteiger partial charge in [0.15, 0.2) is 0 Å². The summed E-state index contributed by atoms with van der Waals surface area (Å²) < 4.78 is 5.38. The molecule has 4 heterocycles. The molecule has 2 fully saturated rings. The van der Waals surface area contributed by atoms with Gasteiger partial charge in [0.05, 0.1) is 13.2 Å². The predicted octanol–water partition coefficient (Wildman–Crippen LogP) is 0.337. The van der Waals surface area contributed by atoms with Crippen LogP contribution in [0.5, 0.6) is 0 Å². The van der Waals surface area contributed by atoms with Crippen molar-refractivity contribution in [3.05, 3.63) is 30.7 Å². The molecule has 9 nitrogen and oxygen atoms in total. The Morgan fingerprint density at radius 3 is 2.26 bits per heavy atom. The summed E-state index contributed by atoms with van der Waals surface area (Å²) in [5.74, 6) is 2.44. The van der Waals surface area contributed by atoms with Gasteiger partial charge in [0.2, 0.25) is 11.9 Å². The maximum Gasteiger partial charge on any atom is 0.227 e. The zero-order valence-electron chi connectivity index (χ0n) is 15.5. The molecule has 0 saturated carbocycles. The molecule has 9 heteroatoms. The molecule has 0 radical (unpaired) electrons. The molecule has 1 N–H and O–H groups in total. The summed E-state index contributed by atoms with van der Waals surface area (Å²) >= 11 is 0. The average Bonchev–Trinajstić information content (AvgIpc) is 2.76. The third-order valence-electron chi connectivity index (χ3n) is 4.88. The number of morpholine rings is 1. The topological polar surface area (TPSA) is 82.5 Å². The van der Waals surface area contributed by atoms with Crippen LogP contribution in [0.2, 0.25) is 0 Å². The highest BCUT2D eigenvalue weighted by molar-refractivity contribution is 5.43. The van der Waals surface area contributed by atoms with Gasteiger partial charge in [0.1, 0.15) is 5.82 Å². The van der Waals surface area contributed by atoms with Gasteiger partial charge in [-0.1, -0.05) is 0 Å². The molecule has 0 amide bonds. The summed E-state index contributed by atoms with van der Waals surface area (Å²) in [5, 5.41) is 3.42. The van der Waals surface area contributed by atoms with Gasteiger partial charge >= 0.3 is 0 Å². The summed E-state index contributed by atoms with van der Waals surface area (Å²) in [6, 6.07) is 3.77. The summed E-state index contributed by atoms with van der Waals surface area (Å²) in [6.45, 7) is 8.98. The van der Waals surface area contributed by atoms with Crippen molar-refractivity contribution in [1.29, 1.82) is 0 Å². The molecule has 2 aliphatic rings. The lowest BCUT2D eigenvalue weighted by Crippen LogP contribution is -2.47. The minimum atomic E-state index is 0.778. The fraction of sp³-hybridized carbons (Fsp3) is 0.556. The van der Waals surface area contributed by atoms with E-state index in [2.05, 4.69) is 40.0 Å². The molecule has 27 heavy (non-hydrogen) atoms. The average molecular weight is 370 g/mol. The van der Waals surface area contributed by atoms with E-state index in [0.29, 0.717) is 0 Å². The van der Waals surface area contributed by atoms with Crippen molar-refractivity contribution in [3.63, 3.8) is 0 Å². The van der Waals surface area contributed by atoms with Crippen LogP contribution in [0.15, 0.2) is 30.7 Å². The van der Waals surface area contributed by atoms with Crippen molar-refractivity contribution < 1.29 is 4.74 Å². The van der Waals surface area contributed by atoms with E-state index < -0.39 is 0 Å². The van der Waals surface area contributed by atoms with Crippen molar-refractivity contribution in [1.82, 2.24) is 24.8 Å². The molecular formula is C18H26N8O. The Hall–Kier alpha value is -2.52. The lowest BCUT2D eigenvalue weighted by Gasteiger charge is -2.34. The normalized spacial score (nSPS) is 18.5. The third kappa shape index (κ3) is 4.81. The first-order valence-corrected chi connectivity index (χ1v) is 9.52. The molecule has 0 unspecified atom stereocenters. The van der Waals surface area contributed by atoms with Gasteiger partial charge in [-0.05, 0) is 12.1 Å². The first kappa shape index (κ1) is 17.9. The predicted molar refractivity (Wildman–Crippen MR) is 104 cm³/mol. The monoisotopic (exact) mass is 370 g/mol. The highest BCUT2D eigenvalue weighted by Crippen LogP contribution is 2.15. The molecule has 0 bridgehead atoms. The van der Waals surface area contributed by atoms with Crippen molar-refractivity contribution in [3.8, 4) is 0 Å². The van der Waals surface area contributed by atoms with Gasteiger partial charge < -0.3 is 19.9 Å². The fourth-order valence-corrected chi connectivity index (χ4v) is 3.33. The fourth-order valence-electron chi connectivity index (χ4n) is 3.33. The van der Waals surface area contributed by atoms with Crippen LogP contribution < -0.4 is 15.1 Å². The van der Waals surface area contributed by atoms with E-state index in [0.717, 1.165) is 83.3 Å². The smallest absolute Gasteiger partial charge is 0.227 e. The molecule has 4 rings (SSSR count). The van der Waals surface area contributed by atoms with Crippen molar-refractivity contribution in [2.24, 2.45) is 0 Å². The molecule has 144 valence electrons. The summed E-state index contributed by atoms with van der Waals surface area (Å²) in [5.41, 5.74) is 0. The third-order valence-corrected chi connectivity index (χ3v) is 4.88. The van der Waals surface area contributed by atoms with E-state index in [-0.39, 0.29) is 0 Å². The van der Waals surface area contributed by atoms with Crippen LogP contribution in [0.3, 0.4) is 0 Å². The maximum absolute atomic E-state index is 5.38. The lowest BCUT2D eigenvalue weighted by molar-refractivity contribution is 0.0398. The molecule has 2 saturated heterocycles. The Balaban J connectivity index is 1.27. The number of anilines is 3. The second-order valence-electron chi connectivity index (χ2n) is 6.65. The van der Waals surface area contributed by atoms with Crippen molar-refractivity contribution >= 4 is 17.7 Å². The quantitative estimate of drug-likeness (QED) is 0.774. The Morgan fingerprint density at radius 2 is 1.52 bits per heavy atom. The minimum Gasteiger partial charge on any atom is -0.379 e. The van der Waals surface area contributed by atoms with E-state index in [1.807, 2.05) is 18.3 Å². The Kier molecular flexibility index (Phi) is 5.90. The van der Waals surface area contributed by atoms with Gasteiger partial charge in [-0.25, -0.2) is 15.0 Å². The SMILES string of the molecule is c1cnc(N2CCN(c3nccc(NCCN4CCOCC4)n3)CC2)nc1. The molecule has 0 spiro atoms. The van der Waals surface area contributed by atoms with Gasteiger partial charge in [-0.3, -0.25) is 4.90 Å². The second-order valence-corrected chi connectivity index (χ2v) is 6.65. The summed E-state index contributed by atoms with van der Waals surface area (Å²) in [4.78, 5) is 24.6. The second kappa shape index (κ2) is 8.92. The number of hydrogen-bond donors (Lipinski definition) is 1. The Morgan fingerprint density at radius 1 is 0.852 bits per heavy atom. The Labute approximate surface area is 159 Å². The number of ether oxygens (including phenoxy) is 1. The summed E-state index contributed by atoms with van der Waals surface area (Å²) in [6.07, 6.45) is 5.39. The number of rotatable bonds is 6. The highest BCUT2D eigenvalue weighted by atomic mass is 16.5. The molecule has 2 aromatic rings. The van der Waals surface area contributed by atoms with Gasteiger partial charge in [0, 0.05) is 70.9 Å². The molecule has 2 aliphatic heterocycles. The first-order chi connectivity index (χ1) is 13.4. The van der Waals surface area contributed by atoms with Crippen LogP contribution in [-0.4, -0.2) is 90.4 Å². The molecular weight excluding hydrogens is 344 g/mol. The van der Waals surface area contributed by atoms with Gasteiger partial charge in [-0.15, -0.1) is 0 Å². The largest absolute Gasteiger partial charge is 0.379 e. The van der Waals surface area contributed by atoms with Crippen LogP contribution >= 0.6 is 0 Å². The minimum absolute atomic E-state index is 0.778. The lowest BCUT2D eigenvalue weighted by atomic mass is 10.3. The van der Waals surface area contributed by atoms with Crippen LogP contribution in [0.25, 0.3) is 0 Å². The van der Waals surface area contributed by atoms with E-state index in [1.165, 1.54) is 0 Å². The van der Waals surface area contributed by atoms with E-state index >= 15 is 0 Å². The zero-order valence-corrected chi connectivity index (χ0v) is 15.5. The van der Waals surface area contributed by atoms with Gasteiger partial charge in [0.25, 0.3) is 0 Å². The van der Waals surface area contributed by atoms with E-state index in [4.69, 9.17) is 4.74 Å². The number of hydrogen-bond acceptors (Lipinski definition) is 9. The zero-order chi connectivity index (χ0) is 18.3. The molecule has 0 aliphatic carbocycles. The van der Waals surface area contributed by atoms with Crippen molar-refractivity contribution in [2.75, 3.05) is 80.7 Å². The number of aromatic nitrogens is 4. The van der Waals surface area contributed by atoms with Crippen LogP contribution in [-0.2, 0) is 4.74 Å². The number of nitrogens with zero attached hydrogens (tertiary/aromatic N) is 7. The maximum atomic E-state index is 5.38. The number of piperazine rings is 1. The van der Waals surface area contributed by atoms with E-state index in [9.17, 15) is 0 Å². The standard InChI is InChI=1S/C18H26N8O/c1-3-20-17(21-4-1)25-8-10-26(11-9-25)18-22-5-2-16(23-18)19-6-7-24-12-14-27-15-13-24/h1-5H,6-15H2,(H,19,22,23). The highest BCUT2D eigenvalue weighted by Gasteiger charge is 2.20. The first-order valence-electron chi connectivity index (χ1n) is 9.52. The van der Waals surface area contributed by atoms with Crippen LogP contribution in [0.4, 0.5) is 17.7 Å². The molecule has 0 aromatic carbocycles. The van der Waals surface area contributed by atoms with Crippen LogP contribution in [0, 0.1) is 0 Å². The molecule has 2 aromatic heterocycles.